The van der Waals surface area contributed by atoms with Crippen LogP contribution in [-0.4, -0.2) is 9.97 Å². The summed E-state index contributed by atoms with van der Waals surface area (Å²) < 4.78 is 0. The topological polar surface area (TPSA) is 25.8 Å². The molecule has 0 aliphatic rings. The van der Waals surface area contributed by atoms with Gasteiger partial charge in [-0.25, -0.2) is 4.98 Å². The highest BCUT2D eigenvalue weighted by molar-refractivity contribution is 5.80. The number of para-hydroxylation sites is 1. The first kappa shape index (κ1) is 9.04. The fourth-order valence-electron chi connectivity index (χ4n) is 1.66. The second-order valence-corrected chi connectivity index (χ2v) is 3.52. The Morgan fingerprint density at radius 1 is 0.938 bits per heavy atom. The normalized spacial score (nSPS) is 10.5. The molecule has 0 aliphatic heterocycles. The van der Waals surface area contributed by atoms with Gasteiger partial charge < -0.3 is 0 Å². The van der Waals surface area contributed by atoms with E-state index < -0.39 is 0 Å². The second kappa shape index (κ2) is 3.74. The summed E-state index contributed by atoms with van der Waals surface area (Å²) in [6, 6.07) is 18.9. The molecular formula is C14H9N2. The van der Waals surface area contributed by atoms with Gasteiger partial charge in [0.15, 0.2) is 0 Å². The molecule has 2 heterocycles. The van der Waals surface area contributed by atoms with Crippen LogP contribution in [-0.2, 0) is 0 Å². The molecule has 1 radical (unpaired) electrons. The zero-order valence-electron chi connectivity index (χ0n) is 8.59. The van der Waals surface area contributed by atoms with Crippen molar-refractivity contribution in [3.05, 3.63) is 60.8 Å². The van der Waals surface area contributed by atoms with Crippen LogP contribution in [0.5, 0.6) is 0 Å². The average molecular weight is 205 g/mol. The van der Waals surface area contributed by atoms with Gasteiger partial charge in [0.2, 0.25) is 0 Å². The third kappa shape index (κ3) is 1.54. The third-order valence-corrected chi connectivity index (χ3v) is 2.45. The molecule has 2 aromatic heterocycles. The van der Waals surface area contributed by atoms with E-state index in [-0.39, 0.29) is 0 Å². The molecule has 0 N–H and O–H groups in total. The Morgan fingerprint density at radius 2 is 1.88 bits per heavy atom. The van der Waals surface area contributed by atoms with Gasteiger partial charge in [0.1, 0.15) is 0 Å². The SMILES string of the molecule is [c]1cccnc1-c1ccc2ccccc2n1. The summed E-state index contributed by atoms with van der Waals surface area (Å²) in [6.07, 6.45) is 1.75. The molecule has 0 aliphatic carbocycles. The first-order valence-electron chi connectivity index (χ1n) is 5.12. The van der Waals surface area contributed by atoms with E-state index in [4.69, 9.17) is 0 Å². The van der Waals surface area contributed by atoms with Crippen molar-refractivity contribution in [1.29, 1.82) is 0 Å². The first-order chi connectivity index (χ1) is 7.93. The van der Waals surface area contributed by atoms with E-state index in [1.165, 1.54) is 0 Å². The van der Waals surface area contributed by atoms with Gasteiger partial charge in [-0.1, -0.05) is 30.3 Å². The van der Waals surface area contributed by atoms with Crippen molar-refractivity contribution >= 4 is 10.9 Å². The summed E-state index contributed by atoms with van der Waals surface area (Å²) in [5.74, 6) is 0. The van der Waals surface area contributed by atoms with Crippen LogP contribution in [0, 0.1) is 6.07 Å². The van der Waals surface area contributed by atoms with Gasteiger partial charge in [-0.2, -0.15) is 0 Å². The summed E-state index contributed by atoms with van der Waals surface area (Å²) in [5.41, 5.74) is 2.63. The fourth-order valence-corrected chi connectivity index (χ4v) is 1.66. The zero-order chi connectivity index (χ0) is 10.8. The van der Waals surface area contributed by atoms with E-state index >= 15 is 0 Å². The van der Waals surface area contributed by atoms with Crippen LogP contribution in [0.4, 0.5) is 0 Å². The Balaban J connectivity index is 2.19. The van der Waals surface area contributed by atoms with Crippen LogP contribution in [0.1, 0.15) is 0 Å². The van der Waals surface area contributed by atoms with Crippen LogP contribution < -0.4 is 0 Å². The van der Waals surface area contributed by atoms with E-state index in [0.29, 0.717) is 0 Å². The molecule has 0 saturated heterocycles. The molecule has 0 atom stereocenters. The molecule has 16 heavy (non-hydrogen) atoms. The van der Waals surface area contributed by atoms with Gasteiger partial charge in [0.05, 0.1) is 16.9 Å². The number of benzene rings is 1. The van der Waals surface area contributed by atoms with Gasteiger partial charge in [-0.15, -0.1) is 0 Å². The number of aromatic nitrogens is 2. The van der Waals surface area contributed by atoms with Gasteiger partial charge >= 0.3 is 0 Å². The van der Waals surface area contributed by atoms with Crippen molar-refractivity contribution in [2.75, 3.05) is 0 Å². The third-order valence-electron chi connectivity index (χ3n) is 2.45. The molecule has 3 aromatic rings. The summed E-state index contributed by atoms with van der Waals surface area (Å²) in [6.45, 7) is 0. The lowest BCUT2D eigenvalue weighted by molar-refractivity contribution is 1.27. The van der Waals surface area contributed by atoms with Crippen LogP contribution in [0.15, 0.2) is 54.7 Å². The molecule has 0 fully saturated rings. The minimum absolute atomic E-state index is 0.785. The number of hydrogen-bond acceptors (Lipinski definition) is 2. The predicted octanol–water partition coefficient (Wildman–Crippen LogP) is 3.10. The molecule has 0 spiro atoms. The highest BCUT2D eigenvalue weighted by atomic mass is 14.8. The predicted molar refractivity (Wildman–Crippen MR) is 63.8 cm³/mol. The molecule has 0 unspecified atom stereocenters. The highest BCUT2D eigenvalue weighted by Crippen LogP contribution is 2.18. The Hall–Kier alpha value is -2.22. The maximum Gasteiger partial charge on any atom is 0.0965 e. The Labute approximate surface area is 93.6 Å². The molecule has 0 bridgehead atoms. The maximum absolute atomic E-state index is 4.55. The molecule has 2 nitrogen and oxygen atoms in total. The standard InChI is InChI=1S/C14H9N2/c1-2-6-12-11(5-1)8-9-14(16-12)13-7-3-4-10-15-13/h1-6,8-10H. The lowest BCUT2D eigenvalue weighted by atomic mass is 10.2. The molecule has 75 valence electrons. The van der Waals surface area contributed by atoms with E-state index in [9.17, 15) is 0 Å². The van der Waals surface area contributed by atoms with Crippen molar-refractivity contribution in [3.63, 3.8) is 0 Å². The number of pyridine rings is 2. The second-order valence-electron chi connectivity index (χ2n) is 3.52. The van der Waals surface area contributed by atoms with Crippen LogP contribution in [0.2, 0.25) is 0 Å². The Bertz CT molecular complexity index is 618. The van der Waals surface area contributed by atoms with E-state index in [2.05, 4.69) is 22.1 Å². The van der Waals surface area contributed by atoms with E-state index in [1.54, 1.807) is 6.20 Å². The smallest absolute Gasteiger partial charge is 0.0965 e. The number of rotatable bonds is 1. The molecule has 2 heteroatoms. The largest absolute Gasteiger partial charge is 0.254 e. The van der Waals surface area contributed by atoms with Gasteiger partial charge in [0.25, 0.3) is 0 Å². The first-order valence-corrected chi connectivity index (χ1v) is 5.12. The van der Waals surface area contributed by atoms with Crippen molar-refractivity contribution in [3.8, 4) is 11.4 Å². The lowest BCUT2D eigenvalue weighted by Crippen LogP contribution is -1.87. The monoisotopic (exact) mass is 205 g/mol. The summed E-state index contributed by atoms with van der Waals surface area (Å²) in [4.78, 5) is 8.79. The molecule has 0 amide bonds. The van der Waals surface area contributed by atoms with Crippen LogP contribution in [0.3, 0.4) is 0 Å². The van der Waals surface area contributed by atoms with Crippen LogP contribution in [0.25, 0.3) is 22.3 Å². The molecular weight excluding hydrogens is 196 g/mol. The summed E-state index contributed by atoms with van der Waals surface area (Å²) in [5, 5.41) is 1.14. The maximum atomic E-state index is 4.55. The number of nitrogens with zero attached hydrogens (tertiary/aromatic N) is 2. The lowest BCUT2D eigenvalue weighted by Gasteiger charge is -2.01. The van der Waals surface area contributed by atoms with Crippen LogP contribution >= 0.6 is 0 Å². The zero-order valence-corrected chi connectivity index (χ0v) is 8.59. The van der Waals surface area contributed by atoms with Crippen molar-refractivity contribution in [1.82, 2.24) is 9.97 Å². The van der Waals surface area contributed by atoms with Crippen molar-refractivity contribution in [2.45, 2.75) is 0 Å². The molecule has 0 saturated carbocycles. The average Bonchev–Trinajstić information content (AvgIpc) is 2.39. The van der Waals surface area contributed by atoms with Gasteiger partial charge in [-0.3, -0.25) is 4.98 Å². The Kier molecular flexibility index (Phi) is 2.11. The highest BCUT2D eigenvalue weighted by Gasteiger charge is 2.01. The Morgan fingerprint density at radius 3 is 2.75 bits per heavy atom. The van der Waals surface area contributed by atoms with Crippen molar-refractivity contribution < 1.29 is 0 Å². The fraction of sp³-hybridized carbons (Fsp3) is 0. The summed E-state index contributed by atoms with van der Waals surface area (Å²) in [7, 11) is 0. The minimum atomic E-state index is 0.785. The van der Waals surface area contributed by atoms with E-state index in [0.717, 1.165) is 22.3 Å². The molecule has 1 aromatic carbocycles. The molecule has 3 rings (SSSR count). The number of hydrogen-bond donors (Lipinski definition) is 0. The summed E-state index contributed by atoms with van der Waals surface area (Å²) >= 11 is 0. The van der Waals surface area contributed by atoms with Crippen molar-refractivity contribution in [2.24, 2.45) is 0 Å². The number of fused-ring (bicyclic) bond motifs is 1. The van der Waals surface area contributed by atoms with Gasteiger partial charge in [-0.05, 0) is 18.2 Å². The minimum Gasteiger partial charge on any atom is -0.254 e. The van der Waals surface area contributed by atoms with Gasteiger partial charge in [0, 0.05) is 17.6 Å². The van der Waals surface area contributed by atoms with E-state index in [1.807, 2.05) is 42.5 Å². The quantitative estimate of drug-likeness (QED) is 0.610.